The Morgan fingerprint density at radius 3 is 2.48 bits per heavy atom. The molecule has 154 valence electrons. The highest BCUT2D eigenvalue weighted by Gasteiger charge is 2.18. The molecular weight excluding hydrogens is 449 g/mol. The predicted molar refractivity (Wildman–Crippen MR) is 128 cm³/mol. The Bertz CT molecular complexity index is 1000. The Balaban J connectivity index is 0.00000300. The van der Waals surface area contributed by atoms with Gasteiger partial charge in [-0.2, -0.15) is 0 Å². The number of carbonyl (C=O) groups excluding carboxylic acids is 1. The second-order valence-electron chi connectivity index (χ2n) is 6.58. The summed E-state index contributed by atoms with van der Waals surface area (Å²) in [6, 6.07) is 13.1. The van der Waals surface area contributed by atoms with Crippen LogP contribution in [-0.4, -0.2) is 43.0 Å². The van der Waals surface area contributed by atoms with Crippen LogP contribution < -0.4 is 4.90 Å². The Kier molecular flexibility index (Phi) is 8.93. The van der Waals surface area contributed by atoms with E-state index in [1.807, 2.05) is 50.5 Å². The van der Waals surface area contributed by atoms with Crippen LogP contribution in [0.2, 0.25) is 10.0 Å². The number of amides is 1. The van der Waals surface area contributed by atoms with E-state index in [9.17, 15) is 4.79 Å². The minimum atomic E-state index is -0.131. The van der Waals surface area contributed by atoms with E-state index in [-0.39, 0.29) is 18.3 Å². The number of anilines is 1. The molecular formula is C21H22Cl3N3OS. The Labute approximate surface area is 191 Å². The minimum Gasteiger partial charge on any atom is -0.309 e. The number of hydrogen-bond acceptors (Lipinski definition) is 4. The first-order valence-electron chi connectivity index (χ1n) is 8.89. The maximum atomic E-state index is 13.0. The third kappa shape index (κ3) is 6.17. The van der Waals surface area contributed by atoms with Crippen LogP contribution >= 0.6 is 46.9 Å². The van der Waals surface area contributed by atoms with Crippen LogP contribution in [0.25, 0.3) is 16.3 Å². The van der Waals surface area contributed by atoms with Gasteiger partial charge in [0.25, 0.3) is 5.91 Å². The van der Waals surface area contributed by atoms with E-state index >= 15 is 0 Å². The summed E-state index contributed by atoms with van der Waals surface area (Å²) in [6.45, 7) is 1.45. The summed E-state index contributed by atoms with van der Waals surface area (Å²) in [5.74, 6) is -0.131. The largest absolute Gasteiger partial charge is 0.309 e. The molecule has 0 atom stereocenters. The lowest BCUT2D eigenvalue weighted by atomic mass is 10.2. The molecule has 0 spiro atoms. The van der Waals surface area contributed by atoms with Crippen molar-refractivity contribution in [2.45, 2.75) is 6.42 Å². The average molecular weight is 471 g/mol. The van der Waals surface area contributed by atoms with Gasteiger partial charge in [-0.3, -0.25) is 9.69 Å². The number of hydrogen-bond donors (Lipinski definition) is 0. The first-order chi connectivity index (χ1) is 13.5. The van der Waals surface area contributed by atoms with Gasteiger partial charge in [0.15, 0.2) is 5.13 Å². The number of rotatable bonds is 7. The normalized spacial score (nSPS) is 11.2. The van der Waals surface area contributed by atoms with Crippen LogP contribution in [-0.2, 0) is 4.79 Å². The lowest BCUT2D eigenvalue weighted by Crippen LogP contribution is -2.32. The molecule has 8 heteroatoms. The maximum Gasteiger partial charge on any atom is 0.252 e. The number of halogens is 3. The summed E-state index contributed by atoms with van der Waals surface area (Å²) in [7, 11) is 4.03. The zero-order valence-electron chi connectivity index (χ0n) is 16.1. The SMILES string of the molecule is CN(C)CCCN(C(=O)C=Cc1ccccc1Cl)c1nc2c(Cl)cccc2s1.Cl. The number of aromatic nitrogens is 1. The molecule has 4 nitrogen and oxygen atoms in total. The molecule has 1 heterocycles. The first-order valence-corrected chi connectivity index (χ1v) is 10.5. The summed E-state index contributed by atoms with van der Waals surface area (Å²) < 4.78 is 0.961. The van der Waals surface area contributed by atoms with Crippen LogP contribution in [0.3, 0.4) is 0 Å². The molecule has 0 aliphatic heterocycles. The summed E-state index contributed by atoms with van der Waals surface area (Å²) >= 11 is 13.9. The van der Waals surface area contributed by atoms with Crippen molar-refractivity contribution >= 4 is 74.3 Å². The molecule has 3 aromatic rings. The van der Waals surface area contributed by atoms with Gasteiger partial charge < -0.3 is 4.90 Å². The van der Waals surface area contributed by atoms with E-state index < -0.39 is 0 Å². The molecule has 3 rings (SSSR count). The zero-order valence-corrected chi connectivity index (χ0v) is 19.3. The third-order valence-corrected chi connectivity index (χ3v) is 5.85. The van der Waals surface area contributed by atoms with Crippen molar-refractivity contribution in [3.8, 4) is 0 Å². The van der Waals surface area contributed by atoms with Crippen molar-refractivity contribution in [3.05, 3.63) is 64.1 Å². The van der Waals surface area contributed by atoms with E-state index in [1.54, 1.807) is 23.1 Å². The molecule has 0 bridgehead atoms. The van der Waals surface area contributed by atoms with Crippen molar-refractivity contribution in [1.82, 2.24) is 9.88 Å². The molecule has 1 aromatic heterocycles. The highest BCUT2D eigenvalue weighted by atomic mass is 35.5. The number of para-hydroxylation sites is 1. The van der Waals surface area contributed by atoms with E-state index in [0.29, 0.717) is 21.7 Å². The van der Waals surface area contributed by atoms with E-state index in [2.05, 4.69) is 9.88 Å². The van der Waals surface area contributed by atoms with Gasteiger partial charge in [-0.05, 0) is 56.9 Å². The fourth-order valence-corrected chi connectivity index (χ4v) is 4.22. The second kappa shape index (κ2) is 11.0. The molecule has 0 unspecified atom stereocenters. The van der Waals surface area contributed by atoms with Crippen molar-refractivity contribution in [3.63, 3.8) is 0 Å². The molecule has 0 aliphatic carbocycles. The molecule has 0 N–H and O–H groups in total. The predicted octanol–water partition coefficient (Wildman–Crippen LogP) is 6.02. The van der Waals surface area contributed by atoms with Crippen molar-refractivity contribution < 1.29 is 4.79 Å². The number of thiazole rings is 1. The van der Waals surface area contributed by atoms with Crippen LogP contribution in [0.15, 0.2) is 48.5 Å². The quantitative estimate of drug-likeness (QED) is 0.396. The minimum absolute atomic E-state index is 0. The molecule has 29 heavy (non-hydrogen) atoms. The Morgan fingerprint density at radius 2 is 1.79 bits per heavy atom. The third-order valence-electron chi connectivity index (χ3n) is 4.15. The van der Waals surface area contributed by atoms with Gasteiger partial charge in [-0.25, -0.2) is 4.98 Å². The van der Waals surface area contributed by atoms with Crippen LogP contribution in [0.1, 0.15) is 12.0 Å². The van der Waals surface area contributed by atoms with Gasteiger partial charge in [-0.15, -0.1) is 12.4 Å². The van der Waals surface area contributed by atoms with E-state index in [0.717, 1.165) is 28.7 Å². The van der Waals surface area contributed by atoms with Gasteiger partial charge in [0.05, 0.1) is 9.72 Å². The number of nitrogens with zero attached hydrogens (tertiary/aromatic N) is 3. The molecule has 0 fully saturated rings. The fraction of sp³-hybridized carbons (Fsp3) is 0.238. The van der Waals surface area contributed by atoms with Crippen LogP contribution in [0.4, 0.5) is 5.13 Å². The van der Waals surface area contributed by atoms with Crippen molar-refractivity contribution in [2.75, 3.05) is 32.1 Å². The van der Waals surface area contributed by atoms with E-state index in [1.165, 1.54) is 11.3 Å². The standard InChI is InChI=1S/C21H21Cl2N3OS.ClH/c1-25(2)13-6-14-26(19(27)12-11-15-7-3-4-8-16(15)22)21-24-20-17(23)9-5-10-18(20)28-21;/h3-5,7-12H,6,13-14H2,1-2H3;1H. The fourth-order valence-electron chi connectivity index (χ4n) is 2.73. The highest BCUT2D eigenvalue weighted by molar-refractivity contribution is 7.22. The Hall–Kier alpha value is -1.63. The monoisotopic (exact) mass is 469 g/mol. The molecule has 0 aliphatic rings. The average Bonchev–Trinajstić information content (AvgIpc) is 3.09. The topological polar surface area (TPSA) is 36.4 Å². The summed E-state index contributed by atoms with van der Waals surface area (Å²) in [6.07, 6.45) is 4.12. The molecule has 0 radical (unpaired) electrons. The summed E-state index contributed by atoms with van der Waals surface area (Å²) in [4.78, 5) is 21.4. The second-order valence-corrected chi connectivity index (χ2v) is 8.41. The first kappa shape index (κ1) is 23.6. The van der Waals surface area contributed by atoms with Crippen LogP contribution in [0, 0.1) is 0 Å². The highest BCUT2D eigenvalue weighted by Crippen LogP contribution is 2.33. The van der Waals surface area contributed by atoms with Crippen molar-refractivity contribution in [1.29, 1.82) is 0 Å². The molecule has 1 amide bonds. The van der Waals surface area contributed by atoms with Gasteiger partial charge in [-0.1, -0.05) is 58.8 Å². The lowest BCUT2D eigenvalue weighted by Gasteiger charge is -2.19. The van der Waals surface area contributed by atoms with Gasteiger partial charge in [0.2, 0.25) is 0 Å². The molecule has 0 saturated heterocycles. The number of carbonyl (C=O) groups is 1. The van der Waals surface area contributed by atoms with Crippen LogP contribution in [0.5, 0.6) is 0 Å². The molecule has 0 saturated carbocycles. The Morgan fingerprint density at radius 1 is 1.07 bits per heavy atom. The molecule has 2 aromatic carbocycles. The number of fused-ring (bicyclic) bond motifs is 1. The van der Waals surface area contributed by atoms with E-state index in [4.69, 9.17) is 23.2 Å². The van der Waals surface area contributed by atoms with Gasteiger partial charge >= 0.3 is 0 Å². The maximum absolute atomic E-state index is 13.0. The lowest BCUT2D eigenvalue weighted by molar-refractivity contribution is -0.114. The van der Waals surface area contributed by atoms with Gasteiger partial charge in [0, 0.05) is 17.6 Å². The number of benzene rings is 2. The van der Waals surface area contributed by atoms with Crippen molar-refractivity contribution in [2.24, 2.45) is 0 Å². The summed E-state index contributed by atoms with van der Waals surface area (Å²) in [5, 5.41) is 1.85. The van der Waals surface area contributed by atoms with Gasteiger partial charge in [0.1, 0.15) is 5.52 Å². The summed E-state index contributed by atoms with van der Waals surface area (Å²) in [5.41, 5.74) is 1.53. The smallest absolute Gasteiger partial charge is 0.252 e. The zero-order chi connectivity index (χ0) is 20.1.